The monoisotopic (exact) mass is 460 g/mol. The Morgan fingerprint density at radius 2 is 1.88 bits per heavy atom. The number of thioether (sulfide) groups is 1. The Balaban J connectivity index is 1.72. The number of nitrogens with one attached hydrogen (secondary N) is 1. The van der Waals surface area contributed by atoms with Crippen LogP contribution in [-0.4, -0.2) is 21.2 Å². The third-order valence-corrected chi connectivity index (χ3v) is 6.23. The van der Waals surface area contributed by atoms with Crippen LogP contribution in [0.4, 0.5) is 5.69 Å². The van der Waals surface area contributed by atoms with Crippen LogP contribution in [0.5, 0.6) is 0 Å². The summed E-state index contributed by atoms with van der Waals surface area (Å²) >= 11 is 7.44. The Bertz CT molecular complexity index is 1440. The van der Waals surface area contributed by atoms with Crippen LogP contribution in [0.3, 0.4) is 0 Å². The highest BCUT2D eigenvalue weighted by atomic mass is 35.5. The first-order valence-electron chi connectivity index (χ1n) is 9.68. The van der Waals surface area contributed by atoms with Crippen LogP contribution in [0.2, 0.25) is 5.02 Å². The molecule has 0 fully saturated rings. The maximum atomic E-state index is 13.4. The van der Waals surface area contributed by atoms with Gasteiger partial charge < -0.3 is 5.32 Å². The Morgan fingerprint density at radius 3 is 2.69 bits per heavy atom. The zero-order valence-electron chi connectivity index (χ0n) is 17.0. The highest BCUT2D eigenvalue weighted by Crippen LogP contribution is 2.26. The number of para-hydroxylation sites is 2. The summed E-state index contributed by atoms with van der Waals surface area (Å²) in [5.74, 6) is -0.307. The molecule has 4 rings (SSSR count). The maximum absolute atomic E-state index is 13.4. The third kappa shape index (κ3) is 4.24. The van der Waals surface area contributed by atoms with Gasteiger partial charge in [-0.1, -0.05) is 53.7 Å². The number of hydrogen-bond donors (Lipinski definition) is 1. The number of aromatic nitrogens is 2. The van der Waals surface area contributed by atoms with Crippen molar-refractivity contribution in [2.75, 3.05) is 11.1 Å². The molecule has 4 aromatic rings. The third-order valence-electron chi connectivity index (χ3n) is 4.88. The molecule has 8 heteroatoms. The molecule has 158 valence electrons. The molecule has 3 aromatic carbocycles. The second kappa shape index (κ2) is 9.27. The molecule has 1 amide bonds. The van der Waals surface area contributed by atoms with Crippen molar-refractivity contribution in [1.82, 2.24) is 9.55 Å². The number of nitrogens with zero attached hydrogens (tertiary/aromatic N) is 3. The first-order valence-corrected chi connectivity index (χ1v) is 11.0. The summed E-state index contributed by atoms with van der Waals surface area (Å²) in [6, 6.07) is 21.2. The zero-order valence-corrected chi connectivity index (χ0v) is 18.6. The van der Waals surface area contributed by atoms with Crippen molar-refractivity contribution >= 4 is 45.9 Å². The zero-order chi connectivity index (χ0) is 22.7. The van der Waals surface area contributed by atoms with E-state index < -0.39 is 0 Å². The Labute approximate surface area is 193 Å². The van der Waals surface area contributed by atoms with Crippen molar-refractivity contribution in [2.45, 2.75) is 12.1 Å². The number of nitriles is 1. The summed E-state index contributed by atoms with van der Waals surface area (Å²) in [4.78, 5) is 30.6. The maximum Gasteiger partial charge on any atom is 0.266 e. The first-order chi connectivity index (χ1) is 15.5. The second-order valence-corrected chi connectivity index (χ2v) is 8.28. The quantitative estimate of drug-likeness (QED) is 0.336. The lowest BCUT2D eigenvalue weighted by atomic mass is 10.2. The van der Waals surface area contributed by atoms with Crippen LogP contribution in [0.15, 0.2) is 76.7 Å². The van der Waals surface area contributed by atoms with Gasteiger partial charge in [-0.05, 0) is 48.9 Å². The lowest BCUT2D eigenvalue weighted by molar-refractivity contribution is -0.113. The van der Waals surface area contributed by atoms with Gasteiger partial charge in [-0.25, -0.2) is 4.98 Å². The average Bonchev–Trinajstić information content (AvgIpc) is 2.80. The summed E-state index contributed by atoms with van der Waals surface area (Å²) in [6.45, 7) is 1.83. The Morgan fingerprint density at radius 1 is 1.12 bits per heavy atom. The molecule has 0 aliphatic heterocycles. The molecule has 0 spiro atoms. The number of carbonyl (C=O) groups is 1. The largest absolute Gasteiger partial charge is 0.324 e. The van der Waals surface area contributed by atoms with Crippen LogP contribution in [0.25, 0.3) is 16.6 Å². The van der Waals surface area contributed by atoms with E-state index in [1.807, 2.05) is 13.0 Å². The minimum Gasteiger partial charge on any atom is -0.324 e. The molecule has 1 heterocycles. The van der Waals surface area contributed by atoms with E-state index in [0.29, 0.717) is 38.0 Å². The van der Waals surface area contributed by atoms with Crippen LogP contribution < -0.4 is 10.9 Å². The van der Waals surface area contributed by atoms with Gasteiger partial charge in [0.25, 0.3) is 5.56 Å². The van der Waals surface area contributed by atoms with E-state index in [0.717, 1.165) is 17.3 Å². The normalized spacial score (nSPS) is 10.7. The van der Waals surface area contributed by atoms with E-state index >= 15 is 0 Å². The predicted molar refractivity (Wildman–Crippen MR) is 128 cm³/mol. The lowest BCUT2D eigenvalue weighted by Crippen LogP contribution is -2.23. The van der Waals surface area contributed by atoms with E-state index in [9.17, 15) is 14.9 Å². The van der Waals surface area contributed by atoms with Gasteiger partial charge in [0.15, 0.2) is 5.16 Å². The van der Waals surface area contributed by atoms with Crippen molar-refractivity contribution in [1.29, 1.82) is 5.26 Å². The number of carbonyl (C=O) groups excluding carboxylic acids is 1. The van der Waals surface area contributed by atoms with E-state index in [1.54, 1.807) is 60.7 Å². The molecular formula is C24H17ClN4O2S. The SMILES string of the molecule is Cc1c(Cl)cccc1-n1c(SCC(=O)Nc2ccccc2C#N)nc2ccccc2c1=O. The molecule has 1 N–H and O–H groups in total. The fourth-order valence-corrected chi connectivity index (χ4v) is 4.24. The van der Waals surface area contributed by atoms with Crippen LogP contribution in [-0.2, 0) is 4.79 Å². The Kier molecular flexibility index (Phi) is 6.26. The average molecular weight is 461 g/mol. The molecule has 0 radical (unpaired) electrons. The summed E-state index contributed by atoms with van der Waals surface area (Å²) in [5.41, 5.74) is 2.47. The molecule has 0 unspecified atom stereocenters. The molecular weight excluding hydrogens is 444 g/mol. The van der Waals surface area contributed by atoms with Crippen LogP contribution in [0.1, 0.15) is 11.1 Å². The predicted octanol–water partition coefficient (Wildman–Crippen LogP) is 4.95. The summed E-state index contributed by atoms with van der Waals surface area (Å²) in [6.07, 6.45) is 0. The second-order valence-electron chi connectivity index (χ2n) is 6.93. The fourth-order valence-electron chi connectivity index (χ4n) is 3.27. The minimum atomic E-state index is -0.311. The standard InChI is InChI=1S/C24H17ClN4O2S/c1-15-18(25)9-6-12-21(15)29-23(31)17-8-3-5-11-20(17)28-24(29)32-14-22(30)27-19-10-4-2-7-16(19)13-26/h2-12H,14H2,1H3,(H,27,30). The van der Waals surface area contributed by atoms with Crippen LogP contribution >= 0.6 is 23.4 Å². The van der Waals surface area contributed by atoms with Gasteiger partial charge in [-0.2, -0.15) is 5.26 Å². The van der Waals surface area contributed by atoms with Crippen LogP contribution in [0, 0.1) is 18.3 Å². The van der Waals surface area contributed by atoms with E-state index in [2.05, 4.69) is 16.4 Å². The van der Waals surface area contributed by atoms with Crippen molar-refractivity contribution in [3.05, 3.63) is 93.2 Å². The van der Waals surface area contributed by atoms with E-state index in [1.165, 1.54) is 4.57 Å². The fraction of sp³-hybridized carbons (Fsp3) is 0.0833. The van der Waals surface area contributed by atoms with Gasteiger partial charge in [0.05, 0.1) is 33.6 Å². The number of anilines is 1. The van der Waals surface area contributed by atoms with Gasteiger partial charge >= 0.3 is 0 Å². The van der Waals surface area contributed by atoms with Crippen molar-refractivity contribution in [3.8, 4) is 11.8 Å². The number of fused-ring (bicyclic) bond motifs is 1. The molecule has 0 saturated heterocycles. The molecule has 32 heavy (non-hydrogen) atoms. The van der Waals surface area contributed by atoms with Crippen molar-refractivity contribution in [2.24, 2.45) is 0 Å². The number of hydrogen-bond acceptors (Lipinski definition) is 5. The highest BCUT2D eigenvalue weighted by molar-refractivity contribution is 7.99. The molecule has 1 aromatic heterocycles. The first kappa shape index (κ1) is 21.6. The molecule has 0 atom stereocenters. The lowest BCUT2D eigenvalue weighted by Gasteiger charge is -2.16. The van der Waals surface area contributed by atoms with Gasteiger partial charge in [-0.3, -0.25) is 14.2 Å². The van der Waals surface area contributed by atoms with Gasteiger partial charge in [-0.15, -0.1) is 0 Å². The highest BCUT2D eigenvalue weighted by Gasteiger charge is 2.17. The van der Waals surface area contributed by atoms with E-state index in [4.69, 9.17) is 11.6 Å². The molecule has 0 bridgehead atoms. The molecule has 0 aliphatic rings. The number of amides is 1. The number of halogens is 1. The van der Waals surface area contributed by atoms with Crippen molar-refractivity contribution in [3.63, 3.8) is 0 Å². The Hall–Kier alpha value is -3.60. The summed E-state index contributed by atoms with van der Waals surface area (Å²) in [7, 11) is 0. The molecule has 6 nitrogen and oxygen atoms in total. The summed E-state index contributed by atoms with van der Waals surface area (Å²) in [5, 5.41) is 13.3. The van der Waals surface area contributed by atoms with E-state index in [-0.39, 0.29) is 17.2 Å². The molecule has 0 aliphatic carbocycles. The number of rotatable bonds is 5. The van der Waals surface area contributed by atoms with Gasteiger partial charge in [0.1, 0.15) is 6.07 Å². The van der Waals surface area contributed by atoms with Gasteiger partial charge in [0.2, 0.25) is 5.91 Å². The number of benzene rings is 3. The minimum absolute atomic E-state index is 0.00412. The molecule has 0 saturated carbocycles. The van der Waals surface area contributed by atoms with Gasteiger partial charge in [0, 0.05) is 5.02 Å². The summed E-state index contributed by atoms with van der Waals surface area (Å²) < 4.78 is 1.49. The smallest absolute Gasteiger partial charge is 0.266 e. The van der Waals surface area contributed by atoms with Crippen molar-refractivity contribution < 1.29 is 4.79 Å². The topological polar surface area (TPSA) is 87.8 Å².